The summed E-state index contributed by atoms with van der Waals surface area (Å²) in [6, 6.07) is 16.2. The van der Waals surface area contributed by atoms with Gasteiger partial charge < -0.3 is 20.3 Å². The van der Waals surface area contributed by atoms with Crippen LogP contribution < -0.4 is 15.4 Å². The van der Waals surface area contributed by atoms with Crippen LogP contribution >= 0.6 is 11.6 Å². The van der Waals surface area contributed by atoms with E-state index in [2.05, 4.69) is 46.8 Å². The summed E-state index contributed by atoms with van der Waals surface area (Å²) in [5.74, 6) is 1.62. The molecule has 0 amide bonds. The Morgan fingerprint density at radius 2 is 1.73 bits per heavy atom. The lowest BCUT2D eigenvalue weighted by molar-refractivity contribution is 0.298. The summed E-state index contributed by atoms with van der Waals surface area (Å²) >= 11 is 5.92. The first-order valence-electron chi connectivity index (χ1n) is 8.53. The van der Waals surface area contributed by atoms with Crippen LogP contribution in [0.15, 0.2) is 53.5 Å². The molecular weight excluding hydrogens is 348 g/mol. The van der Waals surface area contributed by atoms with Crippen molar-refractivity contribution in [1.29, 1.82) is 0 Å². The Hall–Kier alpha value is -2.24. The number of nitrogens with one attached hydrogen (secondary N) is 2. The molecule has 0 aliphatic carbocycles. The minimum atomic E-state index is 0.218. The fraction of sp³-hybridized carbons (Fsp3) is 0.350. The number of hydrogen-bond acceptors (Lipinski definition) is 3. The van der Waals surface area contributed by atoms with E-state index in [0.717, 1.165) is 28.8 Å². The van der Waals surface area contributed by atoms with Gasteiger partial charge in [0.25, 0.3) is 0 Å². The molecule has 0 radical (unpaired) electrons. The molecule has 140 valence electrons. The zero-order valence-electron chi connectivity index (χ0n) is 15.8. The second-order valence-corrected chi connectivity index (χ2v) is 6.62. The third-order valence-corrected chi connectivity index (χ3v) is 4.44. The highest BCUT2D eigenvalue weighted by atomic mass is 35.5. The fourth-order valence-electron chi connectivity index (χ4n) is 2.63. The number of rotatable bonds is 7. The van der Waals surface area contributed by atoms with Gasteiger partial charge in [0, 0.05) is 25.2 Å². The third kappa shape index (κ3) is 5.93. The van der Waals surface area contributed by atoms with Crippen molar-refractivity contribution in [3.63, 3.8) is 0 Å². The number of guanidine groups is 1. The molecule has 0 saturated carbocycles. The number of likely N-dealkylation sites (N-methyl/N-ethyl adjacent to an activating group) is 1. The van der Waals surface area contributed by atoms with Gasteiger partial charge in [-0.15, -0.1) is 0 Å². The molecule has 0 spiro atoms. The number of benzene rings is 2. The van der Waals surface area contributed by atoms with Gasteiger partial charge >= 0.3 is 0 Å². The van der Waals surface area contributed by atoms with Gasteiger partial charge in [0.05, 0.1) is 13.2 Å². The van der Waals surface area contributed by atoms with Gasteiger partial charge in [-0.2, -0.15) is 0 Å². The Morgan fingerprint density at radius 3 is 2.27 bits per heavy atom. The van der Waals surface area contributed by atoms with E-state index in [0.29, 0.717) is 6.54 Å². The Kier molecular flexibility index (Phi) is 7.75. The first-order valence-corrected chi connectivity index (χ1v) is 8.90. The van der Waals surface area contributed by atoms with Gasteiger partial charge in [0.1, 0.15) is 5.75 Å². The molecule has 5 nitrogen and oxygen atoms in total. The van der Waals surface area contributed by atoms with E-state index in [1.807, 2.05) is 36.4 Å². The van der Waals surface area contributed by atoms with Crippen LogP contribution in [-0.2, 0) is 6.54 Å². The molecule has 2 aromatic rings. The summed E-state index contributed by atoms with van der Waals surface area (Å²) in [6.45, 7) is 1.42. The highest BCUT2D eigenvalue weighted by Crippen LogP contribution is 2.20. The van der Waals surface area contributed by atoms with Gasteiger partial charge in [-0.3, -0.25) is 4.99 Å². The zero-order chi connectivity index (χ0) is 18.9. The zero-order valence-corrected chi connectivity index (χ0v) is 16.5. The molecule has 2 rings (SSSR count). The third-order valence-electron chi connectivity index (χ3n) is 4.18. The summed E-state index contributed by atoms with van der Waals surface area (Å²) in [4.78, 5) is 6.48. The predicted octanol–water partition coefficient (Wildman–Crippen LogP) is 3.32. The molecule has 0 bridgehead atoms. The molecule has 0 aliphatic rings. The topological polar surface area (TPSA) is 48.9 Å². The van der Waals surface area contributed by atoms with Crippen LogP contribution in [0.25, 0.3) is 0 Å². The molecule has 2 N–H and O–H groups in total. The minimum Gasteiger partial charge on any atom is -0.497 e. The molecule has 1 unspecified atom stereocenters. The van der Waals surface area contributed by atoms with Crippen LogP contribution in [0.4, 0.5) is 0 Å². The predicted molar refractivity (Wildman–Crippen MR) is 109 cm³/mol. The standard InChI is InChI=1S/C20H27ClN4O/c1-22-20(23-13-15-5-9-17(21)10-6-15)24-14-19(25(2)3)16-7-11-18(26-4)12-8-16/h5-12,19H,13-14H2,1-4H3,(H2,22,23,24). The van der Waals surface area contributed by atoms with E-state index >= 15 is 0 Å². The smallest absolute Gasteiger partial charge is 0.191 e. The molecule has 0 aromatic heterocycles. The summed E-state index contributed by atoms with van der Waals surface area (Å²) in [5, 5.41) is 7.47. The second kappa shape index (κ2) is 10.0. The van der Waals surface area contributed by atoms with Crippen molar-refractivity contribution in [2.24, 2.45) is 4.99 Å². The maximum atomic E-state index is 5.92. The van der Waals surface area contributed by atoms with Crippen LogP contribution in [-0.4, -0.2) is 45.7 Å². The van der Waals surface area contributed by atoms with Crippen molar-refractivity contribution in [2.45, 2.75) is 12.6 Å². The molecule has 26 heavy (non-hydrogen) atoms. The Bertz CT molecular complexity index is 699. The normalized spacial score (nSPS) is 12.8. The average Bonchev–Trinajstić information content (AvgIpc) is 2.66. The Morgan fingerprint density at radius 1 is 1.08 bits per heavy atom. The number of hydrogen-bond donors (Lipinski definition) is 2. The number of aliphatic imine (C=N–C) groups is 1. The number of ether oxygens (including phenoxy) is 1. The molecule has 6 heteroatoms. The van der Waals surface area contributed by atoms with Crippen molar-refractivity contribution < 1.29 is 4.74 Å². The summed E-state index contributed by atoms with van der Waals surface area (Å²) in [5.41, 5.74) is 2.37. The molecule has 2 aromatic carbocycles. The van der Waals surface area contributed by atoms with E-state index in [1.165, 1.54) is 5.56 Å². The van der Waals surface area contributed by atoms with Crippen molar-refractivity contribution in [2.75, 3.05) is 34.8 Å². The number of methoxy groups -OCH3 is 1. The van der Waals surface area contributed by atoms with Crippen LogP contribution in [0.5, 0.6) is 5.75 Å². The van der Waals surface area contributed by atoms with Gasteiger partial charge in [-0.1, -0.05) is 35.9 Å². The monoisotopic (exact) mass is 374 g/mol. The van der Waals surface area contributed by atoms with Gasteiger partial charge in [-0.05, 0) is 49.5 Å². The molecule has 0 heterocycles. The number of nitrogens with zero attached hydrogens (tertiary/aromatic N) is 2. The maximum absolute atomic E-state index is 5.92. The maximum Gasteiger partial charge on any atom is 0.191 e. The Balaban J connectivity index is 1.94. The van der Waals surface area contributed by atoms with Crippen LogP contribution in [0, 0.1) is 0 Å². The van der Waals surface area contributed by atoms with Crippen molar-refractivity contribution >= 4 is 17.6 Å². The molecular formula is C20H27ClN4O. The Labute approximate surface area is 161 Å². The van der Waals surface area contributed by atoms with E-state index in [9.17, 15) is 0 Å². The SMILES string of the molecule is CN=C(NCc1ccc(Cl)cc1)NCC(c1ccc(OC)cc1)N(C)C. The van der Waals surface area contributed by atoms with E-state index in [1.54, 1.807) is 14.2 Å². The quantitative estimate of drug-likeness (QED) is 0.576. The lowest BCUT2D eigenvalue weighted by atomic mass is 10.1. The average molecular weight is 375 g/mol. The molecule has 0 fully saturated rings. The molecule has 0 aliphatic heterocycles. The van der Waals surface area contributed by atoms with Crippen molar-refractivity contribution in [3.05, 3.63) is 64.7 Å². The lowest BCUT2D eigenvalue weighted by Crippen LogP contribution is -2.41. The lowest BCUT2D eigenvalue weighted by Gasteiger charge is -2.26. The van der Waals surface area contributed by atoms with Crippen LogP contribution in [0.2, 0.25) is 5.02 Å². The summed E-state index contributed by atoms with van der Waals surface area (Å²) in [7, 11) is 7.59. The first kappa shape index (κ1) is 20.1. The fourth-order valence-corrected chi connectivity index (χ4v) is 2.75. The molecule has 0 saturated heterocycles. The second-order valence-electron chi connectivity index (χ2n) is 6.19. The molecule has 1 atom stereocenters. The van der Waals surface area contributed by atoms with Crippen molar-refractivity contribution in [1.82, 2.24) is 15.5 Å². The van der Waals surface area contributed by atoms with E-state index in [-0.39, 0.29) is 6.04 Å². The highest BCUT2D eigenvalue weighted by molar-refractivity contribution is 6.30. The van der Waals surface area contributed by atoms with Crippen LogP contribution in [0.1, 0.15) is 17.2 Å². The minimum absolute atomic E-state index is 0.218. The number of halogens is 1. The largest absolute Gasteiger partial charge is 0.497 e. The van der Waals surface area contributed by atoms with Crippen molar-refractivity contribution in [3.8, 4) is 5.75 Å². The van der Waals surface area contributed by atoms with Crippen LogP contribution in [0.3, 0.4) is 0 Å². The summed E-state index contributed by atoms with van der Waals surface area (Å²) < 4.78 is 5.24. The van der Waals surface area contributed by atoms with E-state index in [4.69, 9.17) is 16.3 Å². The first-order chi connectivity index (χ1) is 12.5. The van der Waals surface area contributed by atoms with Gasteiger partial charge in [-0.25, -0.2) is 0 Å². The van der Waals surface area contributed by atoms with Gasteiger partial charge in [0.2, 0.25) is 0 Å². The van der Waals surface area contributed by atoms with Gasteiger partial charge in [0.15, 0.2) is 5.96 Å². The highest BCUT2D eigenvalue weighted by Gasteiger charge is 2.14. The summed E-state index contributed by atoms with van der Waals surface area (Å²) in [6.07, 6.45) is 0. The van der Waals surface area contributed by atoms with E-state index < -0.39 is 0 Å².